The van der Waals surface area contributed by atoms with Gasteiger partial charge in [0.15, 0.2) is 18.2 Å². The fourth-order valence-electron chi connectivity index (χ4n) is 1.45. The maximum absolute atomic E-state index is 13.5. The zero-order chi connectivity index (χ0) is 15.6. The first-order valence-corrected chi connectivity index (χ1v) is 6.62. The van der Waals surface area contributed by atoms with Crippen molar-refractivity contribution in [2.75, 3.05) is 6.61 Å². The zero-order valence-corrected chi connectivity index (χ0v) is 11.7. The molecule has 2 rings (SSSR count). The first-order valence-electron chi connectivity index (χ1n) is 5.43. The first kappa shape index (κ1) is 15.3. The van der Waals surface area contributed by atoms with Gasteiger partial charge in [-0.05, 0) is 12.1 Å². The van der Waals surface area contributed by atoms with Gasteiger partial charge in [-0.25, -0.2) is 4.39 Å². The minimum absolute atomic E-state index is 0.308. The quantitative estimate of drug-likeness (QED) is 0.473. The maximum atomic E-state index is 13.5. The lowest BCUT2D eigenvalue weighted by molar-refractivity contribution is -0.387. The number of hydrogen-bond donors (Lipinski definition) is 0. The standard InChI is InChI=1S/C12H6ClF2NO4S/c13-12-2-1-11(21-12)9(17)5-20-10-4-6(14)8(16(18)19)3-7(10)15/h1-4H,5H2. The van der Waals surface area contributed by atoms with Crippen molar-refractivity contribution in [3.63, 3.8) is 0 Å². The van der Waals surface area contributed by atoms with E-state index in [-0.39, 0.29) is 0 Å². The van der Waals surface area contributed by atoms with Crippen LogP contribution in [0.2, 0.25) is 4.34 Å². The topological polar surface area (TPSA) is 69.4 Å². The van der Waals surface area contributed by atoms with Crippen LogP contribution in [0.5, 0.6) is 5.75 Å². The Morgan fingerprint density at radius 2 is 2.05 bits per heavy atom. The van der Waals surface area contributed by atoms with Crippen LogP contribution >= 0.6 is 22.9 Å². The molecule has 9 heteroatoms. The van der Waals surface area contributed by atoms with E-state index < -0.39 is 40.4 Å². The molecule has 2 aromatic rings. The molecule has 0 aliphatic rings. The number of nitro groups is 1. The monoisotopic (exact) mass is 333 g/mol. The molecule has 0 fully saturated rings. The van der Waals surface area contributed by atoms with Gasteiger partial charge >= 0.3 is 5.69 Å². The van der Waals surface area contributed by atoms with Gasteiger partial charge in [0.25, 0.3) is 0 Å². The van der Waals surface area contributed by atoms with Gasteiger partial charge in [-0.3, -0.25) is 14.9 Å². The smallest absolute Gasteiger partial charge is 0.307 e. The molecule has 21 heavy (non-hydrogen) atoms. The van der Waals surface area contributed by atoms with E-state index in [4.69, 9.17) is 16.3 Å². The number of rotatable bonds is 5. The molecule has 0 unspecified atom stereocenters. The van der Waals surface area contributed by atoms with Crippen molar-refractivity contribution in [1.29, 1.82) is 0 Å². The van der Waals surface area contributed by atoms with Gasteiger partial charge in [-0.15, -0.1) is 11.3 Å². The highest BCUT2D eigenvalue weighted by Gasteiger charge is 2.20. The fraction of sp³-hybridized carbons (Fsp3) is 0.0833. The number of halogens is 3. The van der Waals surface area contributed by atoms with E-state index in [9.17, 15) is 23.7 Å². The molecule has 1 aromatic carbocycles. The van der Waals surface area contributed by atoms with E-state index in [0.29, 0.717) is 21.3 Å². The van der Waals surface area contributed by atoms with E-state index in [0.717, 1.165) is 11.3 Å². The number of Topliss-reactive ketones (excluding diaryl/α,β-unsaturated/α-hetero) is 1. The molecule has 1 heterocycles. The molecule has 0 radical (unpaired) electrons. The Kier molecular flexibility index (Phi) is 4.49. The number of benzene rings is 1. The second-order valence-corrected chi connectivity index (χ2v) is 5.52. The summed E-state index contributed by atoms with van der Waals surface area (Å²) in [7, 11) is 0. The maximum Gasteiger partial charge on any atom is 0.307 e. The van der Waals surface area contributed by atoms with E-state index in [1.165, 1.54) is 12.1 Å². The average molecular weight is 334 g/mol. The summed E-state index contributed by atoms with van der Waals surface area (Å²) in [5, 5.41) is 10.4. The van der Waals surface area contributed by atoms with Crippen LogP contribution in [-0.2, 0) is 0 Å². The number of ether oxygens (including phenoxy) is 1. The third-order valence-corrected chi connectivity index (χ3v) is 3.68. The summed E-state index contributed by atoms with van der Waals surface area (Å²) in [6.07, 6.45) is 0. The van der Waals surface area contributed by atoms with Crippen molar-refractivity contribution < 1.29 is 23.2 Å². The first-order chi connectivity index (χ1) is 9.88. The number of nitrogens with zero attached hydrogens (tertiary/aromatic N) is 1. The molecule has 1 aromatic heterocycles. The van der Waals surface area contributed by atoms with Crippen LogP contribution in [0.1, 0.15) is 9.67 Å². The molecular formula is C12H6ClF2NO4S. The molecule has 0 aliphatic heterocycles. The molecule has 0 saturated carbocycles. The lowest BCUT2D eigenvalue weighted by Gasteiger charge is -2.06. The van der Waals surface area contributed by atoms with E-state index in [1.54, 1.807) is 0 Å². The fourth-order valence-corrected chi connectivity index (χ4v) is 2.41. The minimum atomic E-state index is -1.25. The van der Waals surface area contributed by atoms with Gasteiger partial charge in [0.2, 0.25) is 11.6 Å². The van der Waals surface area contributed by atoms with Crippen LogP contribution in [0.25, 0.3) is 0 Å². The lowest BCUT2D eigenvalue weighted by atomic mass is 10.2. The Balaban J connectivity index is 2.12. The van der Waals surface area contributed by atoms with Crippen molar-refractivity contribution in [2.24, 2.45) is 0 Å². The highest BCUT2D eigenvalue weighted by molar-refractivity contribution is 7.18. The molecule has 0 spiro atoms. The Morgan fingerprint density at radius 1 is 1.33 bits per heavy atom. The highest BCUT2D eigenvalue weighted by Crippen LogP contribution is 2.27. The Morgan fingerprint density at radius 3 is 2.62 bits per heavy atom. The molecule has 0 aliphatic carbocycles. The molecule has 5 nitrogen and oxygen atoms in total. The van der Waals surface area contributed by atoms with E-state index in [1.807, 2.05) is 0 Å². The van der Waals surface area contributed by atoms with Crippen LogP contribution < -0.4 is 4.74 Å². The second kappa shape index (κ2) is 6.15. The summed E-state index contributed by atoms with van der Waals surface area (Å²) in [5.74, 6) is -3.41. The Bertz CT molecular complexity index is 719. The van der Waals surface area contributed by atoms with E-state index >= 15 is 0 Å². The van der Waals surface area contributed by atoms with Gasteiger partial charge in [-0.2, -0.15) is 4.39 Å². The largest absolute Gasteiger partial charge is 0.482 e. The van der Waals surface area contributed by atoms with E-state index in [2.05, 4.69) is 0 Å². The molecule has 0 saturated heterocycles. The zero-order valence-electron chi connectivity index (χ0n) is 10.1. The predicted molar refractivity (Wildman–Crippen MR) is 72.2 cm³/mol. The van der Waals surface area contributed by atoms with Crippen molar-refractivity contribution in [1.82, 2.24) is 0 Å². The summed E-state index contributed by atoms with van der Waals surface area (Å²) in [6, 6.07) is 3.93. The Labute approximate surface area is 125 Å². The van der Waals surface area contributed by atoms with Gasteiger partial charge < -0.3 is 4.74 Å². The SMILES string of the molecule is O=C(COc1cc(F)c([N+](=O)[O-])cc1F)c1ccc(Cl)s1. The molecule has 0 N–H and O–H groups in total. The van der Waals surface area contributed by atoms with Crippen LogP contribution in [0.15, 0.2) is 24.3 Å². The van der Waals surface area contributed by atoms with Crippen LogP contribution in [0.3, 0.4) is 0 Å². The molecule has 0 amide bonds. The molecule has 0 bridgehead atoms. The second-order valence-electron chi connectivity index (χ2n) is 3.81. The number of nitro benzene ring substituents is 1. The van der Waals surface area contributed by atoms with Gasteiger partial charge in [0.1, 0.15) is 0 Å². The summed E-state index contributed by atoms with van der Waals surface area (Å²) in [6.45, 7) is -0.537. The lowest BCUT2D eigenvalue weighted by Crippen LogP contribution is -2.11. The third-order valence-electron chi connectivity index (χ3n) is 2.40. The normalized spacial score (nSPS) is 10.4. The van der Waals surface area contributed by atoms with Crippen LogP contribution in [0.4, 0.5) is 14.5 Å². The highest BCUT2D eigenvalue weighted by atomic mass is 35.5. The molecule has 110 valence electrons. The van der Waals surface area contributed by atoms with Gasteiger partial charge in [-0.1, -0.05) is 11.6 Å². The van der Waals surface area contributed by atoms with Gasteiger partial charge in [0.05, 0.1) is 20.2 Å². The molecule has 0 atom stereocenters. The third kappa shape index (κ3) is 3.53. The van der Waals surface area contributed by atoms with Crippen molar-refractivity contribution in [2.45, 2.75) is 0 Å². The average Bonchev–Trinajstić information content (AvgIpc) is 2.85. The number of thiophene rings is 1. The van der Waals surface area contributed by atoms with Crippen LogP contribution in [0, 0.1) is 21.7 Å². The minimum Gasteiger partial charge on any atom is -0.482 e. The van der Waals surface area contributed by atoms with Gasteiger partial charge in [0, 0.05) is 6.07 Å². The number of ketones is 1. The van der Waals surface area contributed by atoms with Crippen molar-refractivity contribution >= 4 is 34.4 Å². The van der Waals surface area contributed by atoms with Crippen LogP contribution in [-0.4, -0.2) is 17.3 Å². The summed E-state index contributed by atoms with van der Waals surface area (Å²) in [5.41, 5.74) is -1.00. The number of carbonyl (C=O) groups excluding carboxylic acids is 1. The summed E-state index contributed by atoms with van der Waals surface area (Å²) < 4.78 is 32.1. The predicted octanol–water partition coefficient (Wildman–Crippen LogP) is 3.85. The summed E-state index contributed by atoms with van der Waals surface area (Å²) >= 11 is 6.69. The number of hydrogen-bond acceptors (Lipinski definition) is 5. The summed E-state index contributed by atoms with van der Waals surface area (Å²) in [4.78, 5) is 21.4. The number of carbonyl (C=O) groups is 1. The van der Waals surface area contributed by atoms with Crippen molar-refractivity contribution in [3.8, 4) is 5.75 Å². The molecular weight excluding hydrogens is 328 g/mol. The van der Waals surface area contributed by atoms with Crippen molar-refractivity contribution in [3.05, 3.63) is 55.2 Å². The Hall–Kier alpha value is -2.06.